The van der Waals surface area contributed by atoms with Gasteiger partial charge in [-0.25, -0.2) is 0 Å². The molecule has 2 amide bonds. The van der Waals surface area contributed by atoms with Gasteiger partial charge in [-0.1, -0.05) is 18.2 Å². The van der Waals surface area contributed by atoms with E-state index in [0.717, 1.165) is 22.3 Å². The molecule has 6 nitrogen and oxygen atoms in total. The molecule has 1 aromatic heterocycles. The van der Waals surface area contributed by atoms with E-state index in [-0.39, 0.29) is 24.3 Å². The number of rotatable bonds is 5. The number of para-hydroxylation sites is 1. The number of nitrogens with one attached hydrogen (secondary N) is 1. The molecular formula is C23H23N3O3. The van der Waals surface area contributed by atoms with Crippen molar-refractivity contribution in [3.05, 3.63) is 60.8 Å². The zero-order valence-corrected chi connectivity index (χ0v) is 16.5. The molecule has 0 spiro atoms. The molecule has 0 aliphatic carbocycles. The first-order valence-corrected chi connectivity index (χ1v) is 9.73. The summed E-state index contributed by atoms with van der Waals surface area (Å²) in [6.45, 7) is 4.27. The first kappa shape index (κ1) is 18.9. The van der Waals surface area contributed by atoms with E-state index in [1.807, 2.05) is 56.3 Å². The Morgan fingerprint density at radius 1 is 1.14 bits per heavy atom. The Hall–Kier alpha value is -3.41. The molecule has 0 bridgehead atoms. The number of fused-ring (bicyclic) bond motifs is 1. The van der Waals surface area contributed by atoms with Crippen LogP contribution in [0.3, 0.4) is 0 Å². The Kier molecular flexibility index (Phi) is 5.16. The van der Waals surface area contributed by atoms with Crippen molar-refractivity contribution in [1.29, 1.82) is 0 Å². The lowest BCUT2D eigenvalue weighted by atomic mass is 10.1. The smallest absolute Gasteiger partial charge is 0.229 e. The van der Waals surface area contributed by atoms with E-state index in [9.17, 15) is 9.59 Å². The van der Waals surface area contributed by atoms with Gasteiger partial charge in [0.2, 0.25) is 11.8 Å². The number of hydrogen-bond donors (Lipinski definition) is 1. The van der Waals surface area contributed by atoms with Crippen LogP contribution in [-0.4, -0.2) is 29.4 Å². The Morgan fingerprint density at radius 2 is 1.90 bits per heavy atom. The van der Waals surface area contributed by atoms with Gasteiger partial charge >= 0.3 is 0 Å². The Balaban J connectivity index is 1.47. The van der Waals surface area contributed by atoms with Crippen LogP contribution in [0.15, 0.2) is 60.8 Å². The van der Waals surface area contributed by atoms with E-state index in [0.29, 0.717) is 12.2 Å². The molecule has 6 heteroatoms. The second-order valence-electron chi connectivity index (χ2n) is 7.44. The van der Waals surface area contributed by atoms with Crippen LogP contribution in [0.1, 0.15) is 20.3 Å². The van der Waals surface area contributed by atoms with Crippen LogP contribution in [0, 0.1) is 5.92 Å². The van der Waals surface area contributed by atoms with E-state index in [4.69, 9.17) is 4.74 Å². The van der Waals surface area contributed by atoms with Crippen LogP contribution in [-0.2, 0) is 9.59 Å². The average Bonchev–Trinajstić information content (AvgIpc) is 3.10. The molecule has 2 aromatic carbocycles. The average molecular weight is 389 g/mol. The van der Waals surface area contributed by atoms with Crippen LogP contribution in [0.4, 0.5) is 11.4 Å². The molecular weight excluding hydrogens is 366 g/mol. The molecule has 3 aromatic rings. The predicted molar refractivity (Wildman–Crippen MR) is 113 cm³/mol. The number of pyridine rings is 1. The van der Waals surface area contributed by atoms with Gasteiger partial charge in [0.25, 0.3) is 0 Å². The second-order valence-corrected chi connectivity index (χ2v) is 7.44. The van der Waals surface area contributed by atoms with E-state index in [2.05, 4.69) is 10.3 Å². The predicted octanol–water partition coefficient (Wildman–Crippen LogP) is 4.01. The quantitative estimate of drug-likeness (QED) is 0.716. The SMILES string of the molecule is CC(C)Oc1ccc(NC(=O)C2CC(=O)N(c3cccc4cccnc34)C2)cc1. The Bertz CT molecular complexity index is 1040. The lowest BCUT2D eigenvalue weighted by Gasteiger charge is -2.18. The Labute approximate surface area is 169 Å². The van der Waals surface area contributed by atoms with Gasteiger partial charge in [0.1, 0.15) is 5.75 Å². The number of carbonyl (C=O) groups excluding carboxylic acids is 2. The van der Waals surface area contributed by atoms with Crippen LogP contribution < -0.4 is 15.0 Å². The van der Waals surface area contributed by atoms with E-state index >= 15 is 0 Å². The van der Waals surface area contributed by atoms with Crippen molar-refractivity contribution < 1.29 is 14.3 Å². The Morgan fingerprint density at radius 3 is 2.66 bits per heavy atom. The summed E-state index contributed by atoms with van der Waals surface area (Å²) in [7, 11) is 0. The summed E-state index contributed by atoms with van der Waals surface area (Å²) < 4.78 is 5.62. The highest BCUT2D eigenvalue weighted by molar-refractivity contribution is 6.07. The minimum Gasteiger partial charge on any atom is -0.491 e. The molecule has 148 valence electrons. The maximum atomic E-state index is 12.7. The van der Waals surface area contributed by atoms with Crippen molar-refractivity contribution in [1.82, 2.24) is 4.98 Å². The summed E-state index contributed by atoms with van der Waals surface area (Å²) in [4.78, 5) is 31.4. The highest BCUT2D eigenvalue weighted by atomic mass is 16.5. The number of benzene rings is 2. The topological polar surface area (TPSA) is 71.5 Å². The van der Waals surface area contributed by atoms with Gasteiger partial charge in [-0.2, -0.15) is 0 Å². The lowest BCUT2D eigenvalue weighted by Crippen LogP contribution is -2.28. The van der Waals surface area contributed by atoms with Crippen molar-refractivity contribution in [2.24, 2.45) is 5.92 Å². The minimum absolute atomic E-state index is 0.0658. The van der Waals surface area contributed by atoms with E-state index < -0.39 is 5.92 Å². The van der Waals surface area contributed by atoms with Crippen molar-refractivity contribution in [3.8, 4) is 5.75 Å². The van der Waals surface area contributed by atoms with E-state index in [1.54, 1.807) is 23.2 Å². The van der Waals surface area contributed by atoms with Crippen LogP contribution >= 0.6 is 0 Å². The van der Waals surface area contributed by atoms with Gasteiger partial charge in [0.15, 0.2) is 0 Å². The third-order valence-electron chi connectivity index (χ3n) is 4.89. The number of hydrogen-bond acceptors (Lipinski definition) is 4. The molecule has 1 atom stereocenters. The van der Waals surface area contributed by atoms with Crippen molar-refractivity contribution in [3.63, 3.8) is 0 Å². The first-order chi connectivity index (χ1) is 14.0. The van der Waals surface area contributed by atoms with Gasteiger partial charge in [-0.3, -0.25) is 14.6 Å². The normalized spacial score (nSPS) is 16.4. The molecule has 2 heterocycles. The number of carbonyl (C=O) groups is 2. The van der Waals surface area contributed by atoms with Crippen molar-refractivity contribution >= 4 is 34.1 Å². The number of anilines is 2. The van der Waals surface area contributed by atoms with Gasteiger partial charge in [-0.05, 0) is 50.2 Å². The van der Waals surface area contributed by atoms with Crippen molar-refractivity contribution in [2.45, 2.75) is 26.4 Å². The molecule has 1 unspecified atom stereocenters. The lowest BCUT2D eigenvalue weighted by molar-refractivity contribution is -0.122. The van der Waals surface area contributed by atoms with Gasteiger partial charge in [0.05, 0.1) is 23.2 Å². The highest BCUT2D eigenvalue weighted by Crippen LogP contribution is 2.31. The number of aromatic nitrogens is 1. The maximum Gasteiger partial charge on any atom is 0.229 e. The number of ether oxygens (including phenoxy) is 1. The first-order valence-electron chi connectivity index (χ1n) is 9.73. The van der Waals surface area contributed by atoms with Crippen LogP contribution in [0.2, 0.25) is 0 Å². The zero-order chi connectivity index (χ0) is 20.4. The molecule has 1 saturated heterocycles. The summed E-state index contributed by atoms with van der Waals surface area (Å²) in [5, 5.41) is 3.87. The van der Waals surface area contributed by atoms with Crippen molar-refractivity contribution in [2.75, 3.05) is 16.8 Å². The molecule has 1 aliphatic rings. The molecule has 1 N–H and O–H groups in total. The van der Waals surface area contributed by atoms with Gasteiger partial charge in [0, 0.05) is 30.2 Å². The van der Waals surface area contributed by atoms with E-state index in [1.165, 1.54) is 0 Å². The standard InChI is InChI=1S/C23H23N3O3/c1-15(2)29-19-10-8-18(9-11-19)25-23(28)17-13-21(27)26(14-17)20-7-3-5-16-6-4-12-24-22(16)20/h3-12,15,17H,13-14H2,1-2H3,(H,25,28). The van der Waals surface area contributed by atoms with Gasteiger partial charge < -0.3 is 15.0 Å². The largest absolute Gasteiger partial charge is 0.491 e. The summed E-state index contributed by atoms with van der Waals surface area (Å²) in [6, 6.07) is 16.8. The zero-order valence-electron chi connectivity index (χ0n) is 16.5. The van der Waals surface area contributed by atoms with Crippen LogP contribution in [0.5, 0.6) is 5.75 Å². The molecule has 29 heavy (non-hydrogen) atoms. The fourth-order valence-electron chi connectivity index (χ4n) is 3.56. The monoisotopic (exact) mass is 389 g/mol. The number of amides is 2. The number of nitrogens with zero attached hydrogens (tertiary/aromatic N) is 2. The van der Waals surface area contributed by atoms with Gasteiger partial charge in [-0.15, -0.1) is 0 Å². The summed E-state index contributed by atoms with van der Waals surface area (Å²) in [5.74, 6) is 0.118. The second kappa shape index (κ2) is 7.91. The summed E-state index contributed by atoms with van der Waals surface area (Å²) >= 11 is 0. The fraction of sp³-hybridized carbons (Fsp3) is 0.261. The van der Waals surface area contributed by atoms with Crippen LogP contribution in [0.25, 0.3) is 10.9 Å². The highest BCUT2D eigenvalue weighted by Gasteiger charge is 2.36. The molecule has 1 aliphatic heterocycles. The fourth-order valence-corrected chi connectivity index (χ4v) is 3.56. The third kappa shape index (κ3) is 4.06. The molecule has 0 radical (unpaired) electrons. The minimum atomic E-state index is -0.409. The summed E-state index contributed by atoms with van der Waals surface area (Å²) in [6.07, 6.45) is 1.99. The maximum absolute atomic E-state index is 12.7. The molecule has 0 saturated carbocycles. The molecule has 4 rings (SSSR count). The molecule has 1 fully saturated rings. The third-order valence-corrected chi connectivity index (χ3v) is 4.89. The summed E-state index contributed by atoms with van der Waals surface area (Å²) in [5.41, 5.74) is 2.20.